The zero-order chi connectivity index (χ0) is 14.5. The van der Waals surface area contributed by atoms with Crippen molar-refractivity contribution in [3.05, 3.63) is 65.5 Å². The first-order valence-corrected chi connectivity index (χ1v) is 7.79. The fraction of sp³-hybridized carbons (Fsp3) is 0.294. The lowest BCUT2D eigenvalue weighted by atomic mass is 10.00. The van der Waals surface area contributed by atoms with Gasteiger partial charge in [0.25, 0.3) is 0 Å². The van der Waals surface area contributed by atoms with E-state index in [1.165, 1.54) is 23.4 Å². The average molecular weight is 289 g/mol. The van der Waals surface area contributed by atoms with E-state index < -0.39 is 0 Å². The third-order valence-electron chi connectivity index (χ3n) is 3.29. The number of nitrogens with two attached hydrogens (primary N) is 1. The molecule has 2 rings (SSSR count). The van der Waals surface area contributed by atoms with E-state index in [-0.39, 0.29) is 11.9 Å². The second-order valence-electron chi connectivity index (χ2n) is 5.17. The van der Waals surface area contributed by atoms with Crippen molar-refractivity contribution in [3.8, 4) is 0 Å². The maximum atomic E-state index is 13.5. The van der Waals surface area contributed by atoms with E-state index in [1.807, 2.05) is 6.07 Å². The fourth-order valence-electron chi connectivity index (χ4n) is 1.97. The van der Waals surface area contributed by atoms with Crippen LogP contribution in [-0.4, -0.2) is 5.75 Å². The standard InChI is InChI=1S/C17H20FNS/c1-12(2)13-7-9-14(10-8-13)16(19)11-20-17-6-4-3-5-15(17)18/h3-10,12,16H,11,19H2,1-2H3. The Kier molecular flexibility index (Phi) is 5.21. The van der Waals surface area contributed by atoms with Crippen molar-refractivity contribution in [2.24, 2.45) is 5.73 Å². The van der Waals surface area contributed by atoms with Crippen LogP contribution < -0.4 is 5.73 Å². The topological polar surface area (TPSA) is 26.0 Å². The van der Waals surface area contributed by atoms with Crippen molar-refractivity contribution >= 4 is 11.8 Å². The molecule has 0 spiro atoms. The van der Waals surface area contributed by atoms with Crippen molar-refractivity contribution in [2.45, 2.75) is 30.7 Å². The lowest BCUT2D eigenvalue weighted by Gasteiger charge is -2.13. The predicted octanol–water partition coefficient (Wildman–Crippen LogP) is 4.74. The van der Waals surface area contributed by atoms with E-state index >= 15 is 0 Å². The Labute approximate surface area is 124 Å². The molecular weight excluding hydrogens is 269 g/mol. The van der Waals surface area contributed by atoms with Crippen LogP contribution in [0.4, 0.5) is 4.39 Å². The molecule has 0 fully saturated rings. The van der Waals surface area contributed by atoms with Gasteiger partial charge in [-0.3, -0.25) is 0 Å². The summed E-state index contributed by atoms with van der Waals surface area (Å²) >= 11 is 1.46. The highest BCUT2D eigenvalue weighted by atomic mass is 32.2. The van der Waals surface area contributed by atoms with E-state index in [0.29, 0.717) is 16.6 Å². The van der Waals surface area contributed by atoms with Crippen molar-refractivity contribution in [2.75, 3.05) is 5.75 Å². The van der Waals surface area contributed by atoms with Crippen LogP contribution >= 0.6 is 11.8 Å². The zero-order valence-electron chi connectivity index (χ0n) is 11.8. The number of benzene rings is 2. The summed E-state index contributed by atoms with van der Waals surface area (Å²) < 4.78 is 13.5. The number of rotatable bonds is 5. The van der Waals surface area contributed by atoms with Gasteiger partial charge in [-0.15, -0.1) is 11.8 Å². The van der Waals surface area contributed by atoms with E-state index in [4.69, 9.17) is 5.73 Å². The second kappa shape index (κ2) is 6.91. The Morgan fingerprint density at radius 2 is 1.60 bits per heavy atom. The number of hydrogen-bond donors (Lipinski definition) is 1. The van der Waals surface area contributed by atoms with Gasteiger partial charge < -0.3 is 5.73 Å². The van der Waals surface area contributed by atoms with Crippen LogP contribution in [0.2, 0.25) is 0 Å². The van der Waals surface area contributed by atoms with Crippen molar-refractivity contribution in [3.63, 3.8) is 0 Å². The summed E-state index contributed by atoms with van der Waals surface area (Å²) in [5.74, 6) is 1.01. The van der Waals surface area contributed by atoms with Gasteiger partial charge in [0.1, 0.15) is 5.82 Å². The minimum Gasteiger partial charge on any atom is -0.323 e. The second-order valence-corrected chi connectivity index (χ2v) is 6.23. The molecule has 20 heavy (non-hydrogen) atoms. The molecule has 0 heterocycles. The van der Waals surface area contributed by atoms with Gasteiger partial charge in [0.15, 0.2) is 0 Å². The lowest BCUT2D eigenvalue weighted by Crippen LogP contribution is -2.13. The number of thioether (sulfide) groups is 1. The monoisotopic (exact) mass is 289 g/mol. The quantitative estimate of drug-likeness (QED) is 0.804. The molecule has 1 unspecified atom stereocenters. The summed E-state index contributed by atoms with van der Waals surface area (Å²) in [5.41, 5.74) is 8.58. The molecule has 0 aliphatic heterocycles. The van der Waals surface area contributed by atoms with Gasteiger partial charge in [-0.2, -0.15) is 0 Å². The van der Waals surface area contributed by atoms with Gasteiger partial charge in [0.2, 0.25) is 0 Å². The molecule has 0 radical (unpaired) electrons. The summed E-state index contributed by atoms with van der Waals surface area (Å²) in [6.07, 6.45) is 0. The first-order valence-electron chi connectivity index (χ1n) is 6.80. The maximum Gasteiger partial charge on any atom is 0.136 e. The minimum absolute atomic E-state index is 0.0826. The van der Waals surface area contributed by atoms with Crippen molar-refractivity contribution < 1.29 is 4.39 Å². The van der Waals surface area contributed by atoms with Crippen LogP contribution in [0.5, 0.6) is 0 Å². The first-order chi connectivity index (χ1) is 9.58. The Bertz CT molecular complexity index is 551. The van der Waals surface area contributed by atoms with Crippen LogP contribution in [0.3, 0.4) is 0 Å². The molecule has 3 heteroatoms. The van der Waals surface area contributed by atoms with Gasteiger partial charge in [-0.05, 0) is 29.2 Å². The van der Waals surface area contributed by atoms with Crippen molar-refractivity contribution in [1.29, 1.82) is 0 Å². The smallest absolute Gasteiger partial charge is 0.136 e. The molecule has 0 aromatic heterocycles. The summed E-state index contributed by atoms with van der Waals surface area (Å²) in [4.78, 5) is 0.654. The molecule has 106 valence electrons. The molecule has 2 N–H and O–H groups in total. The molecule has 1 nitrogen and oxygen atoms in total. The number of hydrogen-bond acceptors (Lipinski definition) is 2. The molecule has 1 atom stereocenters. The molecule has 0 saturated carbocycles. The zero-order valence-corrected chi connectivity index (χ0v) is 12.7. The average Bonchev–Trinajstić information content (AvgIpc) is 2.46. The summed E-state index contributed by atoms with van der Waals surface area (Å²) in [6, 6.07) is 15.1. The van der Waals surface area contributed by atoms with Crippen LogP contribution in [0.25, 0.3) is 0 Å². The third-order valence-corrected chi connectivity index (χ3v) is 4.45. The van der Waals surface area contributed by atoms with E-state index in [9.17, 15) is 4.39 Å². The van der Waals surface area contributed by atoms with Gasteiger partial charge in [-0.25, -0.2) is 4.39 Å². The first kappa shape index (κ1) is 15.1. The van der Waals surface area contributed by atoms with E-state index in [0.717, 1.165) is 5.56 Å². The van der Waals surface area contributed by atoms with Gasteiger partial charge in [0.05, 0.1) is 0 Å². The van der Waals surface area contributed by atoms with Gasteiger partial charge >= 0.3 is 0 Å². The highest BCUT2D eigenvalue weighted by Gasteiger charge is 2.09. The SMILES string of the molecule is CC(C)c1ccc(C(N)CSc2ccccc2F)cc1. The lowest BCUT2D eigenvalue weighted by molar-refractivity contribution is 0.602. The molecule has 0 aliphatic carbocycles. The Hall–Kier alpha value is -1.32. The highest BCUT2D eigenvalue weighted by Crippen LogP contribution is 2.26. The Balaban J connectivity index is 1.98. The van der Waals surface area contributed by atoms with E-state index in [1.54, 1.807) is 12.1 Å². The third kappa shape index (κ3) is 3.84. The fourth-order valence-corrected chi connectivity index (χ4v) is 2.90. The largest absolute Gasteiger partial charge is 0.323 e. The molecule has 0 aliphatic rings. The minimum atomic E-state index is -0.181. The van der Waals surface area contributed by atoms with Crippen LogP contribution in [-0.2, 0) is 0 Å². The highest BCUT2D eigenvalue weighted by molar-refractivity contribution is 7.99. The molecule has 0 amide bonds. The van der Waals surface area contributed by atoms with Crippen LogP contribution in [0.1, 0.15) is 36.9 Å². The summed E-state index contributed by atoms with van der Waals surface area (Å²) in [7, 11) is 0. The molecule has 2 aromatic rings. The van der Waals surface area contributed by atoms with Crippen LogP contribution in [0.15, 0.2) is 53.4 Å². The molecule has 0 saturated heterocycles. The number of halogens is 1. The Morgan fingerprint density at radius 1 is 1.00 bits per heavy atom. The predicted molar refractivity (Wildman–Crippen MR) is 84.6 cm³/mol. The molecule has 2 aromatic carbocycles. The molecule has 0 bridgehead atoms. The Morgan fingerprint density at radius 3 is 2.20 bits per heavy atom. The molecular formula is C17H20FNS. The maximum absolute atomic E-state index is 13.5. The van der Waals surface area contributed by atoms with E-state index in [2.05, 4.69) is 38.1 Å². The van der Waals surface area contributed by atoms with Crippen molar-refractivity contribution in [1.82, 2.24) is 0 Å². The van der Waals surface area contributed by atoms with Crippen LogP contribution in [0, 0.1) is 5.82 Å². The van der Waals surface area contributed by atoms with Gasteiger partial charge in [-0.1, -0.05) is 50.2 Å². The summed E-state index contributed by atoms with van der Waals surface area (Å²) in [6.45, 7) is 4.34. The summed E-state index contributed by atoms with van der Waals surface area (Å²) in [5, 5.41) is 0. The normalized spacial score (nSPS) is 12.7. The van der Waals surface area contributed by atoms with Gasteiger partial charge in [0, 0.05) is 16.7 Å².